The lowest BCUT2D eigenvalue weighted by Gasteiger charge is -2.35. The first-order chi connectivity index (χ1) is 27.7. The topological polar surface area (TPSA) is 3.24 Å². The lowest BCUT2D eigenvalue weighted by atomic mass is 9.67. The van der Waals surface area contributed by atoms with Gasteiger partial charge in [-0.1, -0.05) is 201 Å². The van der Waals surface area contributed by atoms with Crippen LogP contribution in [-0.4, -0.2) is 0 Å². The van der Waals surface area contributed by atoms with Crippen molar-refractivity contribution in [3.05, 3.63) is 282 Å². The first-order valence-corrected chi connectivity index (χ1v) is 19.5. The Morgan fingerprint density at radius 2 is 1.00 bits per heavy atom. The van der Waals surface area contributed by atoms with Crippen molar-refractivity contribution in [1.29, 1.82) is 0 Å². The molecule has 0 amide bonds. The minimum Gasteiger partial charge on any atom is -0.310 e. The zero-order valence-electron chi connectivity index (χ0n) is 31.4. The highest BCUT2D eigenvalue weighted by Gasteiger charge is 2.47. The van der Waals surface area contributed by atoms with Crippen molar-refractivity contribution in [1.82, 2.24) is 0 Å². The fraction of sp³-hybridized carbons (Fsp3) is 0.0545. The Bertz CT molecular complexity index is 2520. The number of anilines is 3. The number of benzene rings is 7. The highest BCUT2D eigenvalue weighted by Crippen LogP contribution is 2.58. The van der Waals surface area contributed by atoms with Crippen molar-refractivity contribution < 1.29 is 0 Å². The number of hydrogen-bond donors (Lipinski definition) is 0. The Balaban J connectivity index is 1.31. The van der Waals surface area contributed by atoms with Gasteiger partial charge in [-0.05, 0) is 98.5 Å². The second kappa shape index (κ2) is 15.4. The highest BCUT2D eigenvalue weighted by molar-refractivity contribution is 5.90. The number of allylic oxidation sites excluding steroid dienone is 9. The van der Waals surface area contributed by atoms with E-state index in [1.54, 1.807) is 0 Å². The zero-order chi connectivity index (χ0) is 37.7. The van der Waals surface area contributed by atoms with Crippen LogP contribution in [0.25, 0.3) is 11.1 Å². The van der Waals surface area contributed by atoms with E-state index in [-0.39, 0.29) is 5.92 Å². The van der Waals surface area contributed by atoms with Crippen LogP contribution in [0.5, 0.6) is 0 Å². The summed E-state index contributed by atoms with van der Waals surface area (Å²) in [5, 5.41) is 0. The minimum atomic E-state index is -0.581. The summed E-state index contributed by atoms with van der Waals surface area (Å²) in [7, 11) is 0. The lowest BCUT2D eigenvalue weighted by molar-refractivity contribution is 0.765. The Morgan fingerprint density at radius 1 is 0.464 bits per heavy atom. The van der Waals surface area contributed by atoms with Crippen molar-refractivity contribution in [2.24, 2.45) is 0 Å². The predicted octanol–water partition coefficient (Wildman–Crippen LogP) is 14.2. The molecule has 1 unspecified atom stereocenters. The maximum atomic E-state index is 4.30. The van der Waals surface area contributed by atoms with E-state index in [1.807, 2.05) is 0 Å². The van der Waals surface area contributed by atoms with E-state index >= 15 is 0 Å². The fourth-order valence-electron chi connectivity index (χ4n) is 8.72. The molecular weight excluding hydrogens is 675 g/mol. The van der Waals surface area contributed by atoms with Crippen molar-refractivity contribution in [3.63, 3.8) is 0 Å². The normalized spacial score (nSPS) is 16.8. The second-order valence-electron chi connectivity index (χ2n) is 14.5. The summed E-state index contributed by atoms with van der Waals surface area (Å²) in [5.41, 5.74) is 15.1. The van der Waals surface area contributed by atoms with Crippen LogP contribution < -0.4 is 4.90 Å². The van der Waals surface area contributed by atoms with Gasteiger partial charge in [0.05, 0.1) is 5.41 Å². The molecule has 0 aliphatic heterocycles. The number of fused-ring (bicyclic) bond motifs is 3. The van der Waals surface area contributed by atoms with Crippen molar-refractivity contribution in [3.8, 4) is 11.1 Å². The Morgan fingerprint density at radius 3 is 1.61 bits per heavy atom. The molecular formula is C55H43N. The summed E-state index contributed by atoms with van der Waals surface area (Å²) in [6, 6.07) is 68.9. The molecule has 56 heavy (non-hydrogen) atoms. The average Bonchev–Trinajstić information content (AvgIpc) is 3.55. The number of nitrogens with zero attached hydrogens (tertiary/aromatic N) is 1. The molecule has 2 aliphatic carbocycles. The van der Waals surface area contributed by atoms with Gasteiger partial charge in [-0.2, -0.15) is 0 Å². The molecule has 7 aromatic carbocycles. The molecule has 0 saturated heterocycles. The van der Waals surface area contributed by atoms with Crippen LogP contribution in [0.4, 0.5) is 17.1 Å². The summed E-state index contributed by atoms with van der Waals surface area (Å²) in [4.78, 5) is 2.37. The summed E-state index contributed by atoms with van der Waals surface area (Å²) < 4.78 is 0. The maximum Gasteiger partial charge on any atom is 0.0714 e. The Hall–Kier alpha value is -6.96. The molecule has 0 heterocycles. The van der Waals surface area contributed by atoms with Crippen LogP contribution in [-0.2, 0) is 5.41 Å². The standard InChI is InChI=1S/C55H43N/c1-41-21-9-2-3-10-24-43(34-33-41)54(42-22-11-4-12-23-42)44-35-37-50-51-38-36-49(56(47-29-17-7-18-30-47)48-31-19-8-20-32-48)40-53(51)55(52(50)39-44,45-25-13-5-14-26-45)46-27-15-6-16-28-46/h2-9,11-40,54H,1,10H2/b3-2-,21-9-,34-33?,43-24+. The molecule has 0 radical (unpaired) electrons. The van der Waals surface area contributed by atoms with E-state index in [2.05, 4.69) is 242 Å². The second-order valence-corrected chi connectivity index (χ2v) is 14.5. The van der Waals surface area contributed by atoms with Crippen LogP contribution in [0.15, 0.2) is 248 Å². The summed E-state index contributed by atoms with van der Waals surface area (Å²) in [5.74, 6) is 0.0116. The van der Waals surface area contributed by atoms with E-state index < -0.39 is 5.41 Å². The molecule has 1 heteroatoms. The van der Waals surface area contributed by atoms with Gasteiger partial charge in [0.15, 0.2) is 0 Å². The monoisotopic (exact) mass is 717 g/mol. The lowest BCUT2D eigenvalue weighted by Crippen LogP contribution is -2.29. The first-order valence-electron chi connectivity index (χ1n) is 19.5. The van der Waals surface area contributed by atoms with Gasteiger partial charge in [-0.15, -0.1) is 0 Å². The maximum absolute atomic E-state index is 4.30. The van der Waals surface area contributed by atoms with E-state index in [4.69, 9.17) is 0 Å². The number of para-hydroxylation sites is 2. The third kappa shape index (κ3) is 6.38. The van der Waals surface area contributed by atoms with Gasteiger partial charge in [0, 0.05) is 23.0 Å². The molecule has 0 fully saturated rings. The van der Waals surface area contributed by atoms with Crippen molar-refractivity contribution in [2.75, 3.05) is 4.90 Å². The zero-order valence-corrected chi connectivity index (χ0v) is 31.4. The van der Waals surface area contributed by atoms with E-state index in [0.717, 1.165) is 29.1 Å². The average molecular weight is 718 g/mol. The molecule has 0 N–H and O–H groups in total. The molecule has 1 atom stereocenters. The van der Waals surface area contributed by atoms with Gasteiger partial charge in [-0.3, -0.25) is 0 Å². The van der Waals surface area contributed by atoms with E-state index in [0.29, 0.717) is 0 Å². The summed E-state index contributed by atoms with van der Waals surface area (Å²) in [6.07, 6.45) is 16.1. The molecule has 0 spiro atoms. The van der Waals surface area contributed by atoms with Gasteiger partial charge in [0.25, 0.3) is 0 Å². The van der Waals surface area contributed by atoms with Crippen molar-refractivity contribution in [2.45, 2.75) is 17.8 Å². The predicted molar refractivity (Wildman–Crippen MR) is 236 cm³/mol. The Kier molecular flexibility index (Phi) is 9.58. The molecule has 9 rings (SSSR count). The number of rotatable bonds is 8. The first kappa shape index (κ1) is 34.8. The molecule has 7 aromatic rings. The van der Waals surface area contributed by atoms with Gasteiger partial charge < -0.3 is 4.90 Å². The Labute approximate surface area is 331 Å². The third-order valence-electron chi connectivity index (χ3n) is 11.2. The van der Waals surface area contributed by atoms with Gasteiger partial charge in [0.1, 0.15) is 0 Å². The third-order valence-corrected chi connectivity index (χ3v) is 11.2. The largest absolute Gasteiger partial charge is 0.310 e. The molecule has 0 aromatic heterocycles. The van der Waals surface area contributed by atoms with Gasteiger partial charge >= 0.3 is 0 Å². The van der Waals surface area contributed by atoms with Crippen LogP contribution in [0.2, 0.25) is 0 Å². The van der Waals surface area contributed by atoms with Crippen LogP contribution >= 0.6 is 0 Å². The minimum absolute atomic E-state index is 0.0116. The fourth-order valence-corrected chi connectivity index (χ4v) is 8.72. The quantitative estimate of drug-likeness (QED) is 0.151. The highest BCUT2D eigenvalue weighted by atomic mass is 15.1. The van der Waals surface area contributed by atoms with E-state index in [9.17, 15) is 0 Å². The van der Waals surface area contributed by atoms with E-state index in [1.165, 1.54) is 50.1 Å². The molecule has 2 aliphatic rings. The summed E-state index contributed by atoms with van der Waals surface area (Å²) >= 11 is 0. The van der Waals surface area contributed by atoms with Gasteiger partial charge in [-0.25, -0.2) is 0 Å². The van der Waals surface area contributed by atoms with Crippen LogP contribution in [0.3, 0.4) is 0 Å². The number of hydrogen-bond acceptors (Lipinski definition) is 1. The van der Waals surface area contributed by atoms with Crippen LogP contribution in [0.1, 0.15) is 45.7 Å². The summed E-state index contributed by atoms with van der Waals surface area (Å²) in [6.45, 7) is 4.30. The van der Waals surface area contributed by atoms with Crippen LogP contribution in [0, 0.1) is 0 Å². The smallest absolute Gasteiger partial charge is 0.0714 e. The molecule has 0 bridgehead atoms. The van der Waals surface area contributed by atoms with Crippen molar-refractivity contribution >= 4 is 17.1 Å². The molecule has 268 valence electrons. The molecule has 0 saturated carbocycles. The SMILES string of the molecule is C=C1C=C/C(C(c2ccccc2)c2ccc3c(c2)C(c2ccccc2)(c2ccccc2)c2cc(N(c4ccccc4)c4ccccc4)ccc2-3)=C\C/C=C\C=C/1. The molecule has 1 nitrogen and oxygen atoms in total. The van der Waals surface area contributed by atoms with Gasteiger partial charge in [0.2, 0.25) is 0 Å².